The normalized spacial score (nSPS) is 18.1. The lowest BCUT2D eigenvalue weighted by Crippen LogP contribution is -2.39. The number of H-pyrrole nitrogens is 1. The van der Waals surface area contributed by atoms with E-state index in [-0.39, 0.29) is 23.0 Å². The number of benzene rings is 1. The lowest BCUT2D eigenvalue weighted by molar-refractivity contribution is -0.139. The molecule has 3 heterocycles. The molecule has 30 heavy (non-hydrogen) atoms. The highest BCUT2D eigenvalue weighted by molar-refractivity contribution is 5.94. The van der Waals surface area contributed by atoms with Gasteiger partial charge in [0.2, 0.25) is 0 Å². The Balaban J connectivity index is 1.50. The summed E-state index contributed by atoms with van der Waals surface area (Å²) in [6.07, 6.45) is -3.82. The molecule has 162 valence electrons. The van der Waals surface area contributed by atoms with E-state index >= 15 is 0 Å². The van der Waals surface area contributed by atoms with Gasteiger partial charge in [0, 0.05) is 31.7 Å². The lowest BCUT2D eigenvalue weighted by atomic mass is 9.84. The van der Waals surface area contributed by atoms with Crippen LogP contribution in [-0.2, 0) is 19.3 Å². The van der Waals surface area contributed by atoms with Crippen LogP contribution in [-0.4, -0.2) is 45.5 Å². The molecule has 0 radical (unpaired) electrons. The SMILES string of the molecule is CCN1Cc2[nH]nc(C(=O)N3CCC(c4ccc(F)c(C)c4C(F)(F)F)CC3)c2C1. The smallest absolute Gasteiger partial charge is 0.337 e. The van der Waals surface area contributed by atoms with Crippen molar-refractivity contribution in [1.82, 2.24) is 20.0 Å². The number of likely N-dealkylation sites (tertiary alicyclic amines) is 1. The molecule has 0 spiro atoms. The number of carbonyl (C=O) groups excluding carboxylic acids is 1. The first-order chi connectivity index (χ1) is 14.2. The number of hydrogen-bond donors (Lipinski definition) is 1. The Morgan fingerprint density at radius 3 is 2.57 bits per heavy atom. The first kappa shape index (κ1) is 20.8. The summed E-state index contributed by atoms with van der Waals surface area (Å²) in [4.78, 5) is 16.8. The van der Waals surface area contributed by atoms with E-state index in [1.807, 2.05) is 0 Å². The van der Waals surface area contributed by atoms with Crippen molar-refractivity contribution in [3.63, 3.8) is 0 Å². The zero-order chi connectivity index (χ0) is 21.6. The van der Waals surface area contributed by atoms with Crippen LogP contribution in [0.1, 0.15) is 64.1 Å². The molecule has 1 aromatic heterocycles. The van der Waals surface area contributed by atoms with E-state index < -0.39 is 17.6 Å². The summed E-state index contributed by atoms with van der Waals surface area (Å²) < 4.78 is 54.5. The van der Waals surface area contributed by atoms with E-state index in [0.29, 0.717) is 38.2 Å². The fourth-order valence-corrected chi connectivity index (χ4v) is 4.57. The second-order valence-corrected chi connectivity index (χ2v) is 8.03. The first-order valence-corrected chi connectivity index (χ1v) is 10.1. The number of aromatic amines is 1. The van der Waals surface area contributed by atoms with Crippen molar-refractivity contribution in [1.29, 1.82) is 0 Å². The Labute approximate surface area is 172 Å². The second-order valence-electron chi connectivity index (χ2n) is 8.03. The number of rotatable bonds is 3. The molecule has 0 aliphatic carbocycles. The molecule has 1 amide bonds. The maximum absolute atomic E-state index is 13.8. The minimum absolute atomic E-state index is 0.118. The molecular formula is C21H24F4N4O. The van der Waals surface area contributed by atoms with Crippen LogP contribution in [0.5, 0.6) is 0 Å². The maximum Gasteiger partial charge on any atom is 0.417 e. The highest BCUT2D eigenvalue weighted by Gasteiger charge is 2.39. The fraction of sp³-hybridized carbons (Fsp3) is 0.524. The number of alkyl halides is 3. The van der Waals surface area contributed by atoms with Gasteiger partial charge in [-0.15, -0.1) is 0 Å². The zero-order valence-corrected chi connectivity index (χ0v) is 16.9. The minimum atomic E-state index is -4.62. The van der Waals surface area contributed by atoms with Gasteiger partial charge in [-0.1, -0.05) is 13.0 Å². The van der Waals surface area contributed by atoms with Gasteiger partial charge >= 0.3 is 6.18 Å². The summed E-state index contributed by atoms with van der Waals surface area (Å²) in [5.41, 5.74) is 1.15. The molecule has 2 aliphatic heterocycles. The summed E-state index contributed by atoms with van der Waals surface area (Å²) in [5, 5.41) is 7.13. The van der Waals surface area contributed by atoms with E-state index in [4.69, 9.17) is 0 Å². The molecule has 1 saturated heterocycles. The molecule has 0 unspecified atom stereocenters. The number of amides is 1. The van der Waals surface area contributed by atoms with Crippen molar-refractivity contribution in [2.75, 3.05) is 19.6 Å². The third-order valence-corrected chi connectivity index (χ3v) is 6.30. The van der Waals surface area contributed by atoms with Gasteiger partial charge < -0.3 is 4.90 Å². The van der Waals surface area contributed by atoms with Gasteiger partial charge in [-0.3, -0.25) is 14.8 Å². The summed E-state index contributed by atoms with van der Waals surface area (Å²) in [5.74, 6) is -1.41. The predicted molar refractivity (Wildman–Crippen MR) is 102 cm³/mol. The van der Waals surface area contributed by atoms with Crippen LogP contribution in [0, 0.1) is 12.7 Å². The summed E-state index contributed by atoms with van der Waals surface area (Å²) in [6.45, 7) is 6.19. The minimum Gasteiger partial charge on any atom is -0.337 e. The van der Waals surface area contributed by atoms with E-state index in [0.717, 1.165) is 37.3 Å². The van der Waals surface area contributed by atoms with E-state index in [1.165, 1.54) is 6.07 Å². The second kappa shape index (κ2) is 7.68. The van der Waals surface area contributed by atoms with Crippen molar-refractivity contribution in [2.24, 2.45) is 0 Å². The number of nitrogens with zero attached hydrogens (tertiary/aromatic N) is 3. The van der Waals surface area contributed by atoms with Crippen LogP contribution in [0.2, 0.25) is 0 Å². The molecule has 5 nitrogen and oxygen atoms in total. The highest BCUT2D eigenvalue weighted by atomic mass is 19.4. The molecule has 9 heteroatoms. The quantitative estimate of drug-likeness (QED) is 0.751. The summed E-state index contributed by atoms with van der Waals surface area (Å²) in [6, 6.07) is 2.34. The van der Waals surface area contributed by atoms with Crippen molar-refractivity contribution < 1.29 is 22.4 Å². The number of carbonyl (C=O) groups is 1. The van der Waals surface area contributed by atoms with E-state index in [9.17, 15) is 22.4 Å². The van der Waals surface area contributed by atoms with Crippen LogP contribution >= 0.6 is 0 Å². The Bertz CT molecular complexity index is 961. The highest BCUT2D eigenvalue weighted by Crippen LogP contribution is 2.41. The number of hydrogen-bond acceptors (Lipinski definition) is 3. The third kappa shape index (κ3) is 3.59. The monoisotopic (exact) mass is 424 g/mol. The number of fused-ring (bicyclic) bond motifs is 1. The molecular weight excluding hydrogens is 400 g/mol. The standard InChI is InChI=1S/C21H24F4N4O/c1-3-28-10-15-17(11-28)26-27-19(15)20(30)29-8-6-13(7-9-29)14-4-5-16(22)12(2)18(14)21(23,24)25/h4-5,13H,3,6-11H2,1-2H3,(H,26,27). The number of piperidine rings is 1. The third-order valence-electron chi connectivity index (χ3n) is 6.30. The maximum atomic E-state index is 13.8. The van der Waals surface area contributed by atoms with Crippen molar-refractivity contribution >= 4 is 5.91 Å². The molecule has 0 atom stereocenters. The van der Waals surface area contributed by atoms with Crippen LogP contribution in [0.3, 0.4) is 0 Å². The Hall–Kier alpha value is -2.42. The van der Waals surface area contributed by atoms with Crippen molar-refractivity contribution in [3.8, 4) is 0 Å². The summed E-state index contributed by atoms with van der Waals surface area (Å²) in [7, 11) is 0. The Kier molecular flexibility index (Phi) is 5.34. The predicted octanol–water partition coefficient (Wildman–Crippen LogP) is 4.23. The molecule has 1 N–H and O–H groups in total. The fourth-order valence-electron chi connectivity index (χ4n) is 4.57. The van der Waals surface area contributed by atoms with Crippen molar-refractivity contribution in [3.05, 3.63) is 51.6 Å². The van der Waals surface area contributed by atoms with Crippen LogP contribution in [0.15, 0.2) is 12.1 Å². The molecule has 0 saturated carbocycles. The molecule has 2 aliphatic rings. The summed E-state index contributed by atoms with van der Waals surface area (Å²) >= 11 is 0. The first-order valence-electron chi connectivity index (χ1n) is 10.1. The average molecular weight is 424 g/mol. The van der Waals surface area contributed by atoms with E-state index in [2.05, 4.69) is 22.0 Å². The van der Waals surface area contributed by atoms with Gasteiger partial charge in [0.05, 0.1) is 11.3 Å². The molecule has 4 rings (SSSR count). The van der Waals surface area contributed by atoms with Crippen LogP contribution in [0.25, 0.3) is 0 Å². The molecule has 2 aromatic rings. The average Bonchev–Trinajstić information content (AvgIpc) is 3.29. The van der Waals surface area contributed by atoms with Crippen LogP contribution < -0.4 is 0 Å². The topological polar surface area (TPSA) is 52.2 Å². The number of nitrogens with one attached hydrogen (secondary N) is 1. The molecule has 1 aromatic carbocycles. The van der Waals surface area contributed by atoms with Gasteiger partial charge in [-0.25, -0.2) is 4.39 Å². The lowest BCUT2D eigenvalue weighted by Gasteiger charge is -2.33. The van der Waals surface area contributed by atoms with Crippen molar-refractivity contribution in [2.45, 2.75) is 51.9 Å². The van der Waals surface area contributed by atoms with Gasteiger partial charge in [-0.05, 0) is 49.4 Å². The zero-order valence-electron chi connectivity index (χ0n) is 16.9. The molecule has 0 bridgehead atoms. The number of halogens is 4. The van der Waals surface area contributed by atoms with Gasteiger partial charge in [0.25, 0.3) is 5.91 Å². The van der Waals surface area contributed by atoms with Gasteiger partial charge in [0.15, 0.2) is 5.69 Å². The Morgan fingerprint density at radius 1 is 1.23 bits per heavy atom. The molecule has 1 fully saturated rings. The van der Waals surface area contributed by atoms with Gasteiger partial charge in [-0.2, -0.15) is 18.3 Å². The van der Waals surface area contributed by atoms with E-state index in [1.54, 1.807) is 4.90 Å². The van der Waals surface area contributed by atoms with Gasteiger partial charge in [0.1, 0.15) is 5.82 Å². The Morgan fingerprint density at radius 2 is 1.93 bits per heavy atom. The largest absolute Gasteiger partial charge is 0.417 e. The number of aromatic nitrogens is 2. The van der Waals surface area contributed by atoms with Crippen LogP contribution in [0.4, 0.5) is 17.6 Å².